The summed E-state index contributed by atoms with van der Waals surface area (Å²) < 4.78 is 10.7. The lowest BCUT2D eigenvalue weighted by atomic mass is 10.0. The molecule has 2 aromatic heterocycles. The highest BCUT2D eigenvalue weighted by molar-refractivity contribution is 7.15. The second-order valence-corrected chi connectivity index (χ2v) is 9.99. The van der Waals surface area contributed by atoms with Crippen molar-refractivity contribution in [2.24, 2.45) is 0 Å². The van der Waals surface area contributed by atoms with Gasteiger partial charge in [0.25, 0.3) is 0 Å². The van der Waals surface area contributed by atoms with Gasteiger partial charge in [-0.3, -0.25) is 5.32 Å². The van der Waals surface area contributed by atoms with E-state index in [0.29, 0.717) is 18.3 Å². The summed E-state index contributed by atoms with van der Waals surface area (Å²) in [4.78, 5) is 12.0. The number of benzene rings is 1. The number of carbonyl (C=O) groups is 1. The molecule has 1 N–H and O–H groups in total. The molecule has 182 valence electrons. The van der Waals surface area contributed by atoms with Gasteiger partial charge in [0, 0.05) is 25.7 Å². The van der Waals surface area contributed by atoms with Crippen molar-refractivity contribution in [3.05, 3.63) is 69.5 Å². The summed E-state index contributed by atoms with van der Waals surface area (Å²) in [6.07, 6.45) is 8.65. The molecular formula is C26H29N5O3S. The summed E-state index contributed by atoms with van der Waals surface area (Å²) in [5, 5.41) is 21.2. The molecular weight excluding hydrogens is 462 g/mol. The van der Waals surface area contributed by atoms with E-state index in [-0.39, 0.29) is 6.10 Å². The van der Waals surface area contributed by atoms with E-state index in [1.54, 1.807) is 0 Å². The van der Waals surface area contributed by atoms with Gasteiger partial charge in [-0.1, -0.05) is 53.3 Å². The smallest absolute Gasteiger partial charge is 0.413 e. The molecule has 3 heterocycles. The fourth-order valence-corrected chi connectivity index (χ4v) is 5.13. The van der Waals surface area contributed by atoms with E-state index in [4.69, 9.17) is 9.47 Å². The zero-order chi connectivity index (χ0) is 23.9. The van der Waals surface area contributed by atoms with Crippen LogP contribution in [0.4, 0.5) is 9.93 Å². The topological polar surface area (TPSA) is 99.1 Å². The first-order valence-corrected chi connectivity index (χ1v) is 13.0. The summed E-state index contributed by atoms with van der Waals surface area (Å²) in [7, 11) is 0. The summed E-state index contributed by atoms with van der Waals surface area (Å²) >= 11 is 1.39. The molecule has 0 spiro atoms. The van der Waals surface area contributed by atoms with Crippen LogP contribution >= 0.6 is 11.3 Å². The monoisotopic (exact) mass is 491 g/mol. The van der Waals surface area contributed by atoms with Gasteiger partial charge in [-0.2, -0.15) is 10.2 Å². The minimum absolute atomic E-state index is 0.0931. The minimum Gasteiger partial charge on any atom is -0.446 e. The van der Waals surface area contributed by atoms with Gasteiger partial charge in [0.1, 0.15) is 11.1 Å². The van der Waals surface area contributed by atoms with E-state index in [0.717, 1.165) is 67.8 Å². The average Bonchev–Trinajstić information content (AvgIpc) is 3.48. The van der Waals surface area contributed by atoms with Crippen LogP contribution in [-0.4, -0.2) is 45.8 Å². The number of amides is 1. The molecule has 35 heavy (non-hydrogen) atoms. The first-order chi connectivity index (χ1) is 17.2. The van der Waals surface area contributed by atoms with Crippen LogP contribution in [0.3, 0.4) is 0 Å². The molecule has 8 nitrogen and oxygen atoms in total. The molecule has 0 radical (unpaired) electrons. The fourth-order valence-electron chi connectivity index (χ4n) is 4.37. The lowest BCUT2D eigenvalue weighted by Crippen LogP contribution is -2.28. The van der Waals surface area contributed by atoms with Crippen molar-refractivity contribution < 1.29 is 14.3 Å². The molecule has 0 bridgehead atoms. The Morgan fingerprint density at radius 2 is 1.89 bits per heavy atom. The molecule has 1 aliphatic heterocycles. The van der Waals surface area contributed by atoms with Gasteiger partial charge >= 0.3 is 6.09 Å². The highest BCUT2D eigenvalue weighted by atomic mass is 32.1. The number of unbranched alkanes of at least 4 members (excludes halogenated alkanes) is 1. The SMILES string of the molecule is O=C(Nc1nnc(CCCCc2cc3c(nn2)CC(Cc2ccccc2)=C3)s1)OC1CCOCC1. The maximum atomic E-state index is 12.0. The molecule has 9 heteroatoms. The molecule has 1 fully saturated rings. The Morgan fingerprint density at radius 1 is 1.06 bits per heavy atom. The third kappa shape index (κ3) is 6.70. The van der Waals surface area contributed by atoms with Crippen molar-refractivity contribution in [3.63, 3.8) is 0 Å². The Bertz CT molecular complexity index is 1170. The summed E-state index contributed by atoms with van der Waals surface area (Å²) in [6, 6.07) is 12.7. The number of hydrogen-bond donors (Lipinski definition) is 1. The number of hydrogen-bond acceptors (Lipinski definition) is 8. The number of nitrogens with zero attached hydrogens (tertiary/aromatic N) is 4. The highest BCUT2D eigenvalue weighted by Gasteiger charge is 2.19. The number of aryl methyl sites for hydroxylation is 2. The van der Waals surface area contributed by atoms with Crippen LogP contribution in [0, 0.1) is 0 Å². The van der Waals surface area contributed by atoms with Gasteiger partial charge < -0.3 is 9.47 Å². The molecule has 2 aliphatic rings. The molecule has 1 amide bonds. The number of carbonyl (C=O) groups excluding carboxylic acids is 1. The predicted molar refractivity (Wildman–Crippen MR) is 134 cm³/mol. The normalized spacial score (nSPS) is 15.5. The van der Waals surface area contributed by atoms with E-state index in [9.17, 15) is 4.79 Å². The van der Waals surface area contributed by atoms with Gasteiger partial charge in [-0.05, 0) is 42.9 Å². The Hall–Kier alpha value is -3.17. The van der Waals surface area contributed by atoms with Crippen LogP contribution in [0.15, 0.2) is 42.0 Å². The third-order valence-corrected chi connectivity index (χ3v) is 7.07. The van der Waals surface area contributed by atoms with Crippen molar-refractivity contribution in [2.75, 3.05) is 18.5 Å². The predicted octanol–water partition coefficient (Wildman–Crippen LogP) is 4.80. The lowest BCUT2D eigenvalue weighted by Gasteiger charge is -2.21. The van der Waals surface area contributed by atoms with Crippen LogP contribution in [0.2, 0.25) is 0 Å². The summed E-state index contributed by atoms with van der Waals surface area (Å²) in [6.45, 7) is 1.26. The fraction of sp³-hybridized carbons (Fsp3) is 0.423. The third-order valence-electron chi connectivity index (χ3n) is 6.17. The van der Waals surface area contributed by atoms with Crippen molar-refractivity contribution in [1.29, 1.82) is 0 Å². The van der Waals surface area contributed by atoms with E-state index in [2.05, 4.69) is 62.1 Å². The van der Waals surface area contributed by atoms with Crippen LogP contribution < -0.4 is 5.32 Å². The lowest BCUT2D eigenvalue weighted by molar-refractivity contribution is 0.00592. The minimum atomic E-state index is -0.476. The first-order valence-electron chi connectivity index (χ1n) is 12.2. The van der Waals surface area contributed by atoms with E-state index in [1.165, 1.54) is 28.0 Å². The van der Waals surface area contributed by atoms with E-state index >= 15 is 0 Å². The molecule has 1 aromatic carbocycles. The van der Waals surface area contributed by atoms with Crippen molar-refractivity contribution >= 4 is 28.6 Å². The first kappa shape index (κ1) is 23.6. The highest BCUT2D eigenvalue weighted by Crippen LogP contribution is 2.26. The number of rotatable bonds is 9. The van der Waals surface area contributed by atoms with Gasteiger partial charge in [0.15, 0.2) is 0 Å². The van der Waals surface area contributed by atoms with E-state index in [1.807, 2.05) is 6.07 Å². The second-order valence-electron chi connectivity index (χ2n) is 8.93. The average molecular weight is 492 g/mol. The molecule has 1 saturated heterocycles. The Balaban J connectivity index is 1.05. The molecule has 1 aliphatic carbocycles. The van der Waals surface area contributed by atoms with Crippen LogP contribution in [0.5, 0.6) is 0 Å². The van der Waals surface area contributed by atoms with Gasteiger partial charge in [0.2, 0.25) is 5.13 Å². The van der Waals surface area contributed by atoms with Crippen LogP contribution in [0.25, 0.3) is 6.08 Å². The Kier molecular flexibility index (Phi) is 7.75. The molecule has 0 saturated carbocycles. The zero-order valence-corrected chi connectivity index (χ0v) is 20.4. The van der Waals surface area contributed by atoms with Gasteiger partial charge in [-0.15, -0.1) is 10.2 Å². The van der Waals surface area contributed by atoms with Crippen molar-refractivity contribution in [1.82, 2.24) is 20.4 Å². The van der Waals surface area contributed by atoms with Crippen molar-refractivity contribution in [2.45, 2.75) is 57.5 Å². The zero-order valence-electron chi connectivity index (χ0n) is 19.6. The maximum Gasteiger partial charge on any atom is 0.413 e. The molecule has 5 rings (SSSR count). The summed E-state index contributed by atoms with van der Waals surface area (Å²) in [5.41, 5.74) is 6.01. The van der Waals surface area contributed by atoms with Gasteiger partial charge in [0.05, 0.1) is 24.6 Å². The van der Waals surface area contributed by atoms with E-state index < -0.39 is 6.09 Å². The Morgan fingerprint density at radius 3 is 2.74 bits per heavy atom. The van der Waals surface area contributed by atoms with Gasteiger partial charge in [-0.25, -0.2) is 4.79 Å². The number of allylic oxidation sites excluding steroid dienone is 1. The maximum absolute atomic E-state index is 12.0. The number of aromatic nitrogens is 4. The number of fused-ring (bicyclic) bond motifs is 1. The molecule has 0 atom stereocenters. The second kappa shape index (κ2) is 11.5. The number of anilines is 1. The van der Waals surface area contributed by atoms with Crippen LogP contribution in [0.1, 0.15) is 53.2 Å². The van der Waals surface area contributed by atoms with Crippen LogP contribution in [-0.2, 0) is 35.2 Å². The van der Waals surface area contributed by atoms with Crippen molar-refractivity contribution in [3.8, 4) is 0 Å². The Labute approximate surface area is 208 Å². The molecule has 0 unspecified atom stereocenters. The quantitative estimate of drug-likeness (QED) is 0.429. The number of ether oxygens (including phenoxy) is 2. The number of nitrogens with one attached hydrogen (secondary N) is 1. The largest absolute Gasteiger partial charge is 0.446 e. The standard InChI is InChI=1S/C26H29N5O3S/c32-26(34-22-10-12-33-13-11-22)27-25-31-30-24(35-25)9-5-4-8-21-17-20-15-19(16-23(20)29-28-21)14-18-6-2-1-3-7-18/h1-3,6-7,15,17,22H,4-5,8-14,16H2,(H,27,31,32). The summed E-state index contributed by atoms with van der Waals surface area (Å²) in [5.74, 6) is 0. The molecule has 3 aromatic rings.